The summed E-state index contributed by atoms with van der Waals surface area (Å²) in [6.07, 6.45) is 0.684. The minimum atomic E-state index is 0.600. The first-order valence-corrected chi connectivity index (χ1v) is 3.73. The van der Waals surface area contributed by atoms with Crippen LogP contribution in [-0.4, -0.2) is 16.8 Å². The van der Waals surface area contributed by atoms with Gasteiger partial charge in [-0.3, -0.25) is 0 Å². The van der Waals surface area contributed by atoms with Crippen molar-refractivity contribution in [3.05, 3.63) is 11.8 Å². The van der Waals surface area contributed by atoms with Crippen LogP contribution in [0, 0.1) is 6.92 Å². The predicted molar refractivity (Wildman–Crippen MR) is 42.7 cm³/mol. The summed E-state index contributed by atoms with van der Waals surface area (Å²) in [5, 5.41) is 7.45. The lowest BCUT2D eigenvalue weighted by molar-refractivity contribution is 0.386. The minimum absolute atomic E-state index is 0.600. The largest absolute Gasteiger partial charge is 0.426 e. The molecule has 1 aromatic heterocycles. The van der Waals surface area contributed by atoms with E-state index in [1.165, 1.54) is 0 Å². The molecular formula is C5H7IN2O2. The molecule has 0 aliphatic rings. The molecule has 0 aliphatic carbocycles. The van der Waals surface area contributed by atoms with E-state index in [1.54, 1.807) is 6.92 Å². The van der Waals surface area contributed by atoms with E-state index >= 15 is 0 Å². The SMILES string of the molecule is Cc1nnc(CCOI)o1. The zero-order chi connectivity index (χ0) is 7.40. The molecule has 0 amide bonds. The monoisotopic (exact) mass is 254 g/mol. The molecule has 0 N–H and O–H groups in total. The van der Waals surface area contributed by atoms with Crippen LogP contribution in [-0.2, 0) is 9.49 Å². The van der Waals surface area contributed by atoms with Gasteiger partial charge >= 0.3 is 0 Å². The van der Waals surface area contributed by atoms with Crippen molar-refractivity contribution < 1.29 is 7.48 Å². The molecule has 4 nitrogen and oxygen atoms in total. The van der Waals surface area contributed by atoms with Crippen LogP contribution in [0.15, 0.2) is 4.42 Å². The number of rotatable bonds is 3. The van der Waals surface area contributed by atoms with Crippen molar-refractivity contribution in [3.8, 4) is 0 Å². The van der Waals surface area contributed by atoms with Gasteiger partial charge in [-0.1, -0.05) is 0 Å². The number of hydrogen-bond donors (Lipinski definition) is 0. The summed E-state index contributed by atoms with van der Waals surface area (Å²) in [5.41, 5.74) is 0. The van der Waals surface area contributed by atoms with E-state index in [2.05, 4.69) is 10.2 Å². The summed E-state index contributed by atoms with van der Waals surface area (Å²) in [5.74, 6) is 1.23. The molecule has 0 saturated carbocycles. The number of nitrogens with zero attached hydrogens (tertiary/aromatic N) is 2. The van der Waals surface area contributed by atoms with E-state index < -0.39 is 0 Å². The molecule has 1 aromatic rings. The van der Waals surface area contributed by atoms with Gasteiger partial charge in [0.2, 0.25) is 11.8 Å². The number of aryl methyl sites for hydroxylation is 1. The average Bonchev–Trinajstić information content (AvgIpc) is 2.31. The Morgan fingerprint density at radius 2 is 2.40 bits per heavy atom. The summed E-state index contributed by atoms with van der Waals surface area (Å²) >= 11 is 1.83. The van der Waals surface area contributed by atoms with Crippen LogP contribution in [0.3, 0.4) is 0 Å². The Hall–Kier alpha value is -0.170. The van der Waals surface area contributed by atoms with Crippen molar-refractivity contribution in [2.45, 2.75) is 13.3 Å². The zero-order valence-corrected chi connectivity index (χ0v) is 7.66. The summed E-state index contributed by atoms with van der Waals surface area (Å²) < 4.78 is 9.88. The van der Waals surface area contributed by atoms with E-state index in [0.717, 1.165) is 0 Å². The Morgan fingerprint density at radius 3 is 2.90 bits per heavy atom. The van der Waals surface area contributed by atoms with Crippen LogP contribution >= 0.6 is 23.0 Å². The lowest BCUT2D eigenvalue weighted by Crippen LogP contribution is -1.90. The highest BCUT2D eigenvalue weighted by Crippen LogP contribution is 1.99. The van der Waals surface area contributed by atoms with E-state index in [0.29, 0.717) is 24.8 Å². The first-order valence-electron chi connectivity index (χ1n) is 2.85. The van der Waals surface area contributed by atoms with Crippen LogP contribution in [0.4, 0.5) is 0 Å². The maximum atomic E-state index is 5.08. The van der Waals surface area contributed by atoms with Crippen LogP contribution in [0.2, 0.25) is 0 Å². The number of aromatic nitrogens is 2. The Labute approximate surface area is 72.7 Å². The van der Waals surface area contributed by atoms with Gasteiger partial charge in [-0.25, -0.2) is 0 Å². The summed E-state index contributed by atoms with van der Waals surface area (Å²) in [6, 6.07) is 0. The maximum absolute atomic E-state index is 5.08. The van der Waals surface area contributed by atoms with Crippen LogP contribution in [0.5, 0.6) is 0 Å². The fraction of sp³-hybridized carbons (Fsp3) is 0.600. The molecule has 0 atom stereocenters. The molecule has 0 aliphatic heterocycles. The third kappa shape index (κ3) is 2.22. The maximum Gasteiger partial charge on any atom is 0.218 e. The molecule has 0 unspecified atom stereocenters. The lowest BCUT2D eigenvalue weighted by Gasteiger charge is -1.88. The molecule has 5 heteroatoms. The molecule has 0 saturated heterocycles. The normalized spacial score (nSPS) is 10.2. The van der Waals surface area contributed by atoms with Crippen molar-refractivity contribution in [1.29, 1.82) is 0 Å². The molecule has 0 radical (unpaired) electrons. The standard InChI is InChI=1S/C5H7IN2O2/c1-4-7-8-5(10-4)2-3-9-6/h2-3H2,1H3. The van der Waals surface area contributed by atoms with Gasteiger partial charge in [0, 0.05) is 6.92 Å². The number of hydrogen-bond acceptors (Lipinski definition) is 4. The smallest absolute Gasteiger partial charge is 0.218 e. The lowest BCUT2D eigenvalue weighted by atomic mass is 10.5. The van der Waals surface area contributed by atoms with Crippen LogP contribution < -0.4 is 0 Å². The van der Waals surface area contributed by atoms with Crippen molar-refractivity contribution in [2.24, 2.45) is 0 Å². The molecule has 1 rings (SSSR count). The topological polar surface area (TPSA) is 48.2 Å². The van der Waals surface area contributed by atoms with Gasteiger partial charge in [-0.05, 0) is 0 Å². The van der Waals surface area contributed by atoms with Crippen molar-refractivity contribution >= 4 is 23.0 Å². The van der Waals surface area contributed by atoms with E-state index in [-0.39, 0.29) is 0 Å². The second-order valence-electron chi connectivity index (χ2n) is 1.78. The molecule has 0 spiro atoms. The third-order valence-electron chi connectivity index (χ3n) is 0.961. The van der Waals surface area contributed by atoms with Gasteiger partial charge in [0.05, 0.1) is 13.0 Å². The quantitative estimate of drug-likeness (QED) is 0.762. The van der Waals surface area contributed by atoms with Crippen molar-refractivity contribution in [1.82, 2.24) is 10.2 Å². The second-order valence-corrected chi connectivity index (χ2v) is 2.40. The molecule has 0 aromatic carbocycles. The van der Waals surface area contributed by atoms with E-state index in [9.17, 15) is 0 Å². The summed E-state index contributed by atoms with van der Waals surface area (Å²) in [4.78, 5) is 0. The van der Waals surface area contributed by atoms with Gasteiger partial charge < -0.3 is 7.48 Å². The van der Waals surface area contributed by atoms with Crippen LogP contribution in [0.1, 0.15) is 11.8 Å². The highest BCUT2D eigenvalue weighted by molar-refractivity contribution is 14.1. The molecular weight excluding hydrogens is 247 g/mol. The van der Waals surface area contributed by atoms with Crippen LogP contribution in [0.25, 0.3) is 0 Å². The Balaban J connectivity index is 2.42. The highest BCUT2D eigenvalue weighted by atomic mass is 127. The number of halogens is 1. The van der Waals surface area contributed by atoms with Crippen molar-refractivity contribution in [2.75, 3.05) is 6.61 Å². The van der Waals surface area contributed by atoms with Gasteiger partial charge in [-0.15, -0.1) is 10.2 Å². The first kappa shape index (κ1) is 7.93. The highest BCUT2D eigenvalue weighted by Gasteiger charge is 1.99. The Morgan fingerprint density at radius 1 is 1.60 bits per heavy atom. The zero-order valence-electron chi connectivity index (χ0n) is 5.50. The minimum Gasteiger partial charge on any atom is -0.426 e. The molecule has 0 fully saturated rings. The van der Waals surface area contributed by atoms with E-state index in [1.807, 2.05) is 23.0 Å². The fourth-order valence-corrected chi connectivity index (χ4v) is 0.785. The molecule has 56 valence electrons. The third-order valence-corrected chi connectivity index (χ3v) is 1.40. The predicted octanol–water partition coefficient (Wildman–Crippen LogP) is 1.29. The summed E-state index contributed by atoms with van der Waals surface area (Å²) in [7, 11) is 0. The fourth-order valence-electron chi connectivity index (χ4n) is 0.564. The van der Waals surface area contributed by atoms with Gasteiger partial charge in [-0.2, -0.15) is 0 Å². The first-order chi connectivity index (χ1) is 4.83. The summed E-state index contributed by atoms with van der Waals surface area (Å²) in [6.45, 7) is 2.38. The Kier molecular flexibility index (Phi) is 3.07. The second kappa shape index (κ2) is 3.87. The molecule has 1 heterocycles. The van der Waals surface area contributed by atoms with Gasteiger partial charge in [0.15, 0.2) is 0 Å². The average molecular weight is 254 g/mol. The van der Waals surface area contributed by atoms with Gasteiger partial charge in [0.25, 0.3) is 0 Å². The Bertz CT molecular complexity index is 201. The molecule has 0 bridgehead atoms. The van der Waals surface area contributed by atoms with E-state index in [4.69, 9.17) is 7.48 Å². The molecule has 10 heavy (non-hydrogen) atoms. The van der Waals surface area contributed by atoms with Crippen molar-refractivity contribution in [3.63, 3.8) is 0 Å². The van der Waals surface area contributed by atoms with Gasteiger partial charge in [0.1, 0.15) is 23.0 Å².